The molecule has 2 heteroatoms. The molecule has 1 nitrogen and oxygen atoms in total. The van der Waals surface area contributed by atoms with Crippen molar-refractivity contribution in [3.8, 4) is 0 Å². The van der Waals surface area contributed by atoms with E-state index in [-0.39, 0.29) is 11.7 Å². The van der Waals surface area contributed by atoms with E-state index in [4.69, 9.17) is 0 Å². The predicted octanol–water partition coefficient (Wildman–Crippen LogP) is 4.86. The first-order chi connectivity index (χ1) is 8.63. The Morgan fingerprint density at radius 1 is 1.17 bits per heavy atom. The van der Waals surface area contributed by atoms with E-state index in [1.165, 1.54) is 44.8 Å². The van der Waals surface area contributed by atoms with Crippen molar-refractivity contribution < 1.29 is 4.39 Å². The molecule has 0 bridgehead atoms. The van der Waals surface area contributed by atoms with Crippen LogP contribution in [0, 0.1) is 11.8 Å². The van der Waals surface area contributed by atoms with Crippen LogP contribution in [0.25, 0.3) is 0 Å². The molecule has 0 amide bonds. The van der Waals surface area contributed by atoms with Crippen LogP contribution in [0.2, 0.25) is 0 Å². The maximum absolute atomic E-state index is 12.6. The lowest BCUT2D eigenvalue weighted by molar-refractivity contribution is 0.416. The Bertz CT molecular complexity index is 230. The summed E-state index contributed by atoms with van der Waals surface area (Å²) in [6.45, 7) is 10.7. The van der Waals surface area contributed by atoms with E-state index in [0.717, 1.165) is 0 Å². The fraction of sp³-hybridized carbons (Fsp3) is 0.750. The van der Waals surface area contributed by atoms with Crippen LogP contribution in [0.4, 0.5) is 4.39 Å². The average molecular weight is 255 g/mol. The van der Waals surface area contributed by atoms with Gasteiger partial charge in [0.25, 0.3) is 0 Å². The molecule has 0 aromatic rings. The predicted molar refractivity (Wildman–Crippen MR) is 79.3 cm³/mol. The summed E-state index contributed by atoms with van der Waals surface area (Å²) in [6.07, 6.45) is 10.8. The van der Waals surface area contributed by atoms with Crippen molar-refractivity contribution in [2.24, 2.45) is 11.8 Å². The second-order valence-corrected chi connectivity index (χ2v) is 5.10. The fourth-order valence-corrected chi connectivity index (χ4v) is 1.69. The first-order valence-electron chi connectivity index (χ1n) is 7.38. The van der Waals surface area contributed by atoms with Crippen molar-refractivity contribution in [2.45, 2.75) is 53.4 Å². The Kier molecular flexibility index (Phi) is 11.1. The molecule has 0 aromatic heterocycles. The average Bonchev–Trinajstić information content (AvgIpc) is 2.40. The largest absolute Gasteiger partial charge is 0.317 e. The van der Waals surface area contributed by atoms with Crippen LogP contribution in [0.5, 0.6) is 0 Å². The summed E-state index contributed by atoms with van der Waals surface area (Å²) in [5, 5.41) is 3.28. The van der Waals surface area contributed by atoms with Crippen LogP contribution in [0.1, 0.15) is 53.4 Å². The zero-order valence-electron chi connectivity index (χ0n) is 12.5. The molecule has 2 atom stereocenters. The summed E-state index contributed by atoms with van der Waals surface area (Å²) < 4.78 is 12.6. The maximum atomic E-state index is 12.6. The molecule has 2 rings (SSSR count). The van der Waals surface area contributed by atoms with Crippen LogP contribution in [0.15, 0.2) is 24.1 Å². The summed E-state index contributed by atoms with van der Waals surface area (Å²) in [7, 11) is 0. The fourth-order valence-electron chi connectivity index (χ4n) is 1.69. The number of rotatable bonds is 0. The second kappa shape index (κ2) is 11.5. The van der Waals surface area contributed by atoms with Gasteiger partial charge >= 0.3 is 0 Å². The van der Waals surface area contributed by atoms with Gasteiger partial charge in [-0.1, -0.05) is 52.7 Å². The first-order valence-corrected chi connectivity index (χ1v) is 7.38. The van der Waals surface area contributed by atoms with Gasteiger partial charge in [0.15, 0.2) is 0 Å². The van der Waals surface area contributed by atoms with Crippen molar-refractivity contribution in [1.29, 1.82) is 0 Å². The van der Waals surface area contributed by atoms with Crippen LogP contribution < -0.4 is 5.32 Å². The second-order valence-electron chi connectivity index (χ2n) is 5.10. The van der Waals surface area contributed by atoms with E-state index in [1.807, 2.05) is 19.9 Å². The molecule has 1 saturated heterocycles. The number of hydrogen-bond donors (Lipinski definition) is 1. The molecule has 1 aliphatic heterocycles. The highest BCUT2D eigenvalue weighted by Crippen LogP contribution is 2.25. The third-order valence-corrected chi connectivity index (χ3v) is 3.10. The van der Waals surface area contributed by atoms with E-state index < -0.39 is 0 Å². The van der Waals surface area contributed by atoms with Gasteiger partial charge in [-0.05, 0) is 37.9 Å². The lowest BCUT2D eigenvalue weighted by atomic mass is 9.91. The molecule has 18 heavy (non-hydrogen) atoms. The van der Waals surface area contributed by atoms with Gasteiger partial charge in [-0.25, -0.2) is 4.39 Å². The van der Waals surface area contributed by atoms with Gasteiger partial charge in [0.05, 0.1) is 0 Å². The maximum Gasteiger partial charge on any atom is 0.103 e. The smallest absolute Gasteiger partial charge is 0.103 e. The van der Waals surface area contributed by atoms with Crippen LogP contribution >= 0.6 is 0 Å². The SMILES string of the molecule is C1CCNCC1.CC1C=CC=C(F)C1C.CCC. The molecule has 1 N–H and O–H groups in total. The van der Waals surface area contributed by atoms with Gasteiger partial charge < -0.3 is 5.32 Å². The molecule has 2 aliphatic rings. The van der Waals surface area contributed by atoms with Gasteiger partial charge in [-0.2, -0.15) is 0 Å². The highest BCUT2D eigenvalue weighted by molar-refractivity contribution is 5.17. The van der Waals surface area contributed by atoms with Gasteiger partial charge in [0, 0.05) is 5.92 Å². The zero-order chi connectivity index (χ0) is 13.8. The Morgan fingerprint density at radius 3 is 2.00 bits per heavy atom. The molecule has 0 spiro atoms. The summed E-state index contributed by atoms with van der Waals surface area (Å²) in [5.41, 5.74) is 0. The van der Waals surface area contributed by atoms with Crippen molar-refractivity contribution in [3.05, 3.63) is 24.1 Å². The Morgan fingerprint density at radius 2 is 1.72 bits per heavy atom. The lowest BCUT2D eigenvalue weighted by Crippen LogP contribution is -2.21. The topological polar surface area (TPSA) is 12.0 Å². The Balaban J connectivity index is 0.000000278. The molecular formula is C16H30FN. The van der Waals surface area contributed by atoms with Crippen molar-refractivity contribution in [3.63, 3.8) is 0 Å². The minimum atomic E-state index is 0.00463. The lowest BCUT2D eigenvalue weighted by Gasteiger charge is -2.16. The molecule has 1 heterocycles. The van der Waals surface area contributed by atoms with Gasteiger partial charge in [0.2, 0.25) is 0 Å². The Labute approximate surface area is 113 Å². The van der Waals surface area contributed by atoms with Crippen LogP contribution in [-0.4, -0.2) is 13.1 Å². The number of hydrogen-bond acceptors (Lipinski definition) is 1. The van der Waals surface area contributed by atoms with Crippen molar-refractivity contribution in [1.82, 2.24) is 5.32 Å². The zero-order valence-corrected chi connectivity index (χ0v) is 12.5. The van der Waals surface area contributed by atoms with E-state index >= 15 is 0 Å². The third-order valence-electron chi connectivity index (χ3n) is 3.10. The minimum absolute atomic E-state index is 0.00463. The molecule has 2 unspecified atom stereocenters. The third kappa shape index (κ3) is 8.46. The standard InChI is InChI=1S/C8H11F.C5H11N.C3H8/c1-6-4-3-5-8(9)7(6)2;1-2-4-6-5-3-1;1-3-2/h3-7H,1-2H3;6H,1-5H2;3H2,1-2H3. The molecular weight excluding hydrogens is 225 g/mol. The number of nitrogens with one attached hydrogen (secondary N) is 1. The molecule has 106 valence electrons. The quantitative estimate of drug-likeness (QED) is 0.652. The van der Waals surface area contributed by atoms with E-state index in [1.54, 1.807) is 6.08 Å². The summed E-state index contributed by atoms with van der Waals surface area (Å²) in [6, 6.07) is 0. The summed E-state index contributed by atoms with van der Waals surface area (Å²) in [4.78, 5) is 0. The van der Waals surface area contributed by atoms with E-state index in [2.05, 4.69) is 19.2 Å². The number of piperidine rings is 1. The molecule has 0 aromatic carbocycles. The Hall–Kier alpha value is -0.630. The highest BCUT2D eigenvalue weighted by atomic mass is 19.1. The van der Waals surface area contributed by atoms with Crippen molar-refractivity contribution >= 4 is 0 Å². The molecule has 1 aliphatic carbocycles. The number of halogens is 1. The van der Waals surface area contributed by atoms with E-state index in [9.17, 15) is 4.39 Å². The molecule has 0 saturated carbocycles. The number of allylic oxidation sites excluding steroid dienone is 4. The van der Waals surface area contributed by atoms with Gasteiger partial charge in [-0.15, -0.1) is 0 Å². The summed E-state index contributed by atoms with van der Waals surface area (Å²) >= 11 is 0. The van der Waals surface area contributed by atoms with Gasteiger partial charge in [0.1, 0.15) is 5.83 Å². The van der Waals surface area contributed by atoms with Crippen LogP contribution in [0.3, 0.4) is 0 Å². The molecule has 1 fully saturated rings. The normalized spacial score (nSPS) is 26.2. The first kappa shape index (κ1) is 17.4. The monoisotopic (exact) mass is 255 g/mol. The van der Waals surface area contributed by atoms with Crippen LogP contribution in [-0.2, 0) is 0 Å². The minimum Gasteiger partial charge on any atom is -0.317 e. The molecule has 0 radical (unpaired) electrons. The van der Waals surface area contributed by atoms with Gasteiger partial charge in [-0.3, -0.25) is 0 Å². The van der Waals surface area contributed by atoms with Crippen molar-refractivity contribution in [2.75, 3.05) is 13.1 Å². The van der Waals surface area contributed by atoms with E-state index in [0.29, 0.717) is 5.92 Å². The highest BCUT2D eigenvalue weighted by Gasteiger charge is 2.15. The summed E-state index contributed by atoms with van der Waals surface area (Å²) in [5.74, 6) is 0.440.